The maximum Gasteiger partial charge on any atom is 0.416 e. The van der Waals surface area contributed by atoms with Crippen LogP contribution in [0, 0.1) is 6.92 Å². The van der Waals surface area contributed by atoms with Gasteiger partial charge in [0.15, 0.2) is 0 Å². The summed E-state index contributed by atoms with van der Waals surface area (Å²) in [5.74, 6) is 0. The normalized spacial score (nSPS) is 14.0. The number of hydrogen-bond donors (Lipinski definition) is 2. The number of aliphatic hydroxyl groups excluding tert-OH is 1. The second-order valence-corrected chi connectivity index (χ2v) is 7.54. The van der Waals surface area contributed by atoms with Crippen LogP contribution in [-0.2, 0) is 6.18 Å². The molecule has 2 N–H and O–H groups in total. The Bertz CT molecular complexity index is 522. The average molecular weight is 377 g/mol. The molecule has 1 unspecified atom stereocenters. The van der Waals surface area contributed by atoms with Gasteiger partial charge in [0.25, 0.3) is 0 Å². The number of alkyl halides is 6. The molecule has 0 saturated heterocycles. The Labute approximate surface area is 141 Å². The first-order valence-corrected chi connectivity index (χ1v) is 7.66. The summed E-state index contributed by atoms with van der Waals surface area (Å²) in [5, 5.41) is 7.00. The second kappa shape index (κ2) is 8.44. The molecule has 24 heavy (non-hydrogen) atoms. The largest absolute Gasteiger partial charge is 0.416 e. The molecule has 0 saturated carbocycles. The fourth-order valence-corrected chi connectivity index (χ4v) is 2.49. The molecule has 0 fully saturated rings. The van der Waals surface area contributed by atoms with E-state index in [4.69, 9.17) is 5.11 Å². The van der Waals surface area contributed by atoms with Gasteiger partial charge in [-0.15, -0.1) is 0 Å². The molecule has 0 spiro atoms. The van der Waals surface area contributed by atoms with Gasteiger partial charge in [-0.1, -0.05) is 24.1 Å². The summed E-state index contributed by atoms with van der Waals surface area (Å²) >= 11 is 0.887. The molecule has 0 aliphatic carbocycles. The average Bonchev–Trinajstić information content (AvgIpc) is 2.36. The zero-order chi connectivity index (χ0) is 19.3. The Morgan fingerprint density at radius 3 is 1.83 bits per heavy atom. The Balaban J connectivity index is 0.00000254. The highest BCUT2D eigenvalue weighted by Crippen LogP contribution is 2.38. The summed E-state index contributed by atoms with van der Waals surface area (Å²) < 4.78 is 79.3. The van der Waals surface area contributed by atoms with E-state index in [-0.39, 0.29) is 11.1 Å². The summed E-state index contributed by atoms with van der Waals surface area (Å²) in [7, 11) is 1.00. The van der Waals surface area contributed by atoms with E-state index < -0.39 is 28.7 Å². The molecule has 9 heteroatoms. The predicted octanol–water partition coefficient (Wildman–Crippen LogP) is 5.26. The van der Waals surface area contributed by atoms with Crippen LogP contribution >= 0.6 is 11.9 Å². The van der Waals surface area contributed by atoms with Crippen LogP contribution in [0.5, 0.6) is 0 Å². The number of hydrogen-bond acceptors (Lipinski definition) is 3. The van der Waals surface area contributed by atoms with Crippen LogP contribution in [0.2, 0.25) is 0 Å². The van der Waals surface area contributed by atoms with Gasteiger partial charge in [0.2, 0.25) is 0 Å². The minimum atomic E-state index is -4.61. The van der Waals surface area contributed by atoms with E-state index in [1.165, 1.54) is 0 Å². The van der Waals surface area contributed by atoms with Crippen LogP contribution in [0.15, 0.2) is 18.2 Å². The molecule has 0 aromatic heterocycles. The lowest BCUT2D eigenvalue weighted by Gasteiger charge is -2.26. The van der Waals surface area contributed by atoms with Gasteiger partial charge in [-0.05, 0) is 44.9 Å². The summed E-state index contributed by atoms with van der Waals surface area (Å²) in [4.78, 5) is 0. The maximum atomic E-state index is 13.1. The molecule has 1 aromatic carbocycles. The van der Waals surface area contributed by atoms with Crippen molar-refractivity contribution in [3.05, 3.63) is 34.9 Å². The molecule has 0 aliphatic rings. The van der Waals surface area contributed by atoms with Gasteiger partial charge in [-0.25, -0.2) is 4.72 Å². The third kappa shape index (κ3) is 7.31. The lowest BCUT2D eigenvalue weighted by molar-refractivity contribution is -0.152. The molecule has 140 valence electrons. The summed E-state index contributed by atoms with van der Waals surface area (Å²) in [6, 6.07) is 0.450. The van der Waals surface area contributed by atoms with Crippen molar-refractivity contribution in [3.8, 4) is 0 Å². The van der Waals surface area contributed by atoms with E-state index in [1.54, 1.807) is 20.8 Å². The van der Waals surface area contributed by atoms with Crippen molar-refractivity contribution in [2.24, 2.45) is 0 Å². The highest BCUT2D eigenvalue weighted by molar-refractivity contribution is 7.98. The van der Waals surface area contributed by atoms with Gasteiger partial charge in [-0.3, -0.25) is 0 Å². The van der Waals surface area contributed by atoms with E-state index in [2.05, 4.69) is 4.72 Å². The first-order chi connectivity index (χ1) is 10.7. The van der Waals surface area contributed by atoms with Crippen LogP contribution in [0.1, 0.15) is 43.5 Å². The van der Waals surface area contributed by atoms with Gasteiger partial charge in [-0.2, -0.15) is 26.3 Å². The number of benzene rings is 1. The Kier molecular flexibility index (Phi) is 8.11. The Morgan fingerprint density at radius 1 is 1.00 bits per heavy atom. The molecular weight excluding hydrogens is 356 g/mol. The SMILES string of the molecule is CO.Cc1cc(C(NSC(C)(C)C)C(F)(F)F)ccc1C(F)(F)F. The highest BCUT2D eigenvalue weighted by Gasteiger charge is 2.42. The molecule has 0 amide bonds. The molecule has 1 rings (SSSR count). The van der Waals surface area contributed by atoms with E-state index in [9.17, 15) is 26.3 Å². The maximum absolute atomic E-state index is 13.1. The van der Waals surface area contributed by atoms with E-state index in [1.807, 2.05) is 0 Å². The number of aryl methyl sites for hydroxylation is 1. The highest BCUT2D eigenvalue weighted by atomic mass is 32.2. The molecule has 0 radical (unpaired) electrons. The topological polar surface area (TPSA) is 32.3 Å². The Morgan fingerprint density at radius 2 is 1.50 bits per heavy atom. The molecule has 2 nitrogen and oxygen atoms in total. The summed E-state index contributed by atoms with van der Waals surface area (Å²) in [6.45, 7) is 6.35. The van der Waals surface area contributed by atoms with Crippen molar-refractivity contribution < 1.29 is 31.4 Å². The van der Waals surface area contributed by atoms with Crippen LogP contribution < -0.4 is 4.72 Å². The van der Waals surface area contributed by atoms with Crippen molar-refractivity contribution in [2.45, 2.75) is 50.8 Å². The van der Waals surface area contributed by atoms with Gasteiger partial charge < -0.3 is 5.11 Å². The van der Waals surface area contributed by atoms with Crippen molar-refractivity contribution in [1.82, 2.24) is 4.72 Å². The van der Waals surface area contributed by atoms with E-state index in [0.29, 0.717) is 6.07 Å². The predicted molar refractivity (Wildman–Crippen MR) is 83.6 cm³/mol. The number of nitrogens with one attached hydrogen (secondary N) is 1. The van der Waals surface area contributed by atoms with Gasteiger partial charge in [0.1, 0.15) is 6.04 Å². The quantitative estimate of drug-likeness (QED) is 0.557. The van der Waals surface area contributed by atoms with Crippen molar-refractivity contribution in [3.63, 3.8) is 0 Å². The third-order valence-electron chi connectivity index (χ3n) is 2.70. The van der Waals surface area contributed by atoms with Crippen molar-refractivity contribution >= 4 is 11.9 Å². The van der Waals surface area contributed by atoms with Crippen LogP contribution in [-0.4, -0.2) is 23.1 Å². The van der Waals surface area contributed by atoms with Gasteiger partial charge in [0, 0.05) is 11.9 Å². The summed E-state index contributed by atoms with van der Waals surface area (Å²) in [5.41, 5.74) is -1.41. The first kappa shape index (κ1) is 23.1. The van der Waals surface area contributed by atoms with Crippen LogP contribution in [0.25, 0.3) is 0 Å². The molecular formula is C15H21F6NOS. The van der Waals surface area contributed by atoms with Crippen LogP contribution in [0.4, 0.5) is 26.3 Å². The monoisotopic (exact) mass is 377 g/mol. The van der Waals surface area contributed by atoms with E-state index >= 15 is 0 Å². The summed E-state index contributed by atoms with van der Waals surface area (Å²) in [6.07, 6.45) is -9.19. The second-order valence-electron chi connectivity index (χ2n) is 5.88. The van der Waals surface area contributed by atoms with Crippen molar-refractivity contribution in [2.75, 3.05) is 7.11 Å². The molecule has 0 heterocycles. The zero-order valence-corrected chi connectivity index (χ0v) is 14.7. The fourth-order valence-electron chi connectivity index (χ4n) is 1.74. The number of aliphatic hydroxyl groups is 1. The van der Waals surface area contributed by atoms with E-state index in [0.717, 1.165) is 38.1 Å². The number of halogens is 6. The molecule has 1 atom stereocenters. The Hall–Kier alpha value is -0.930. The fraction of sp³-hybridized carbons (Fsp3) is 0.600. The van der Waals surface area contributed by atoms with Crippen molar-refractivity contribution in [1.29, 1.82) is 0 Å². The lowest BCUT2D eigenvalue weighted by Crippen LogP contribution is -2.33. The van der Waals surface area contributed by atoms with Gasteiger partial charge in [0.05, 0.1) is 5.56 Å². The standard InChI is InChI=1S/C14H17F6NS.CH4O/c1-8-7-9(5-6-10(8)13(15,16)17)11(14(18,19)20)21-22-12(2,3)4;1-2/h5-7,11,21H,1-4H3;2H,1H3. The molecule has 0 bridgehead atoms. The lowest BCUT2D eigenvalue weighted by atomic mass is 10.0. The first-order valence-electron chi connectivity index (χ1n) is 6.84. The minimum absolute atomic E-state index is 0.234. The van der Waals surface area contributed by atoms with Crippen LogP contribution in [0.3, 0.4) is 0 Å². The smallest absolute Gasteiger partial charge is 0.400 e. The molecule has 0 aliphatic heterocycles. The minimum Gasteiger partial charge on any atom is -0.400 e. The van der Waals surface area contributed by atoms with Gasteiger partial charge >= 0.3 is 12.4 Å². The zero-order valence-electron chi connectivity index (χ0n) is 13.9. The number of rotatable bonds is 3. The molecule has 1 aromatic rings. The third-order valence-corrected chi connectivity index (χ3v) is 3.67.